The van der Waals surface area contributed by atoms with Crippen molar-refractivity contribution >= 4 is 12.0 Å². The van der Waals surface area contributed by atoms with Crippen molar-refractivity contribution in [3.63, 3.8) is 0 Å². The number of hydrogen-bond acceptors (Lipinski definition) is 3. The van der Waals surface area contributed by atoms with Crippen LogP contribution in [0.1, 0.15) is 23.2 Å². The monoisotopic (exact) mass is 387 g/mol. The number of ether oxygens (including phenoxy) is 1. The van der Waals surface area contributed by atoms with Gasteiger partial charge in [0.2, 0.25) is 5.91 Å². The lowest BCUT2D eigenvalue weighted by Gasteiger charge is -2.17. The summed E-state index contributed by atoms with van der Waals surface area (Å²) in [7, 11) is 1.64. The van der Waals surface area contributed by atoms with Crippen LogP contribution in [0.15, 0.2) is 60.7 Å². The zero-order chi connectivity index (χ0) is 20.2. The predicted octanol–water partition coefficient (Wildman–Crippen LogP) is 4.31. The Balaban J connectivity index is 1.48. The molecule has 0 fully saturated rings. The van der Waals surface area contributed by atoms with Crippen molar-refractivity contribution in [3.8, 4) is 17.0 Å². The van der Waals surface area contributed by atoms with Gasteiger partial charge in [-0.15, -0.1) is 0 Å². The smallest absolute Gasteiger partial charge is 0.246 e. The number of carbonyl (C=O) groups excluding carboxylic acids is 1. The van der Waals surface area contributed by atoms with Crippen molar-refractivity contribution in [3.05, 3.63) is 77.5 Å². The molecule has 0 bridgehead atoms. The Bertz CT molecular complexity index is 1020. The van der Waals surface area contributed by atoms with Crippen LogP contribution in [0.4, 0.5) is 0 Å². The van der Waals surface area contributed by atoms with Gasteiger partial charge < -0.3 is 9.64 Å². The SMILES string of the molecule is COc1ccc(C=CC(=O)N2CCCn3nc(-c4ccc(C)cc4)cc3C2)cc1. The van der Waals surface area contributed by atoms with E-state index in [0.29, 0.717) is 6.54 Å². The number of benzene rings is 2. The Morgan fingerprint density at radius 2 is 1.83 bits per heavy atom. The van der Waals surface area contributed by atoms with Crippen LogP contribution in [-0.2, 0) is 17.9 Å². The van der Waals surface area contributed by atoms with Gasteiger partial charge in [-0.25, -0.2) is 0 Å². The average Bonchev–Trinajstić information content (AvgIpc) is 3.04. The van der Waals surface area contributed by atoms with Crippen molar-refractivity contribution in [2.24, 2.45) is 0 Å². The first-order valence-electron chi connectivity index (χ1n) is 9.87. The Morgan fingerprint density at radius 1 is 1.07 bits per heavy atom. The molecule has 0 radical (unpaired) electrons. The third-order valence-corrected chi connectivity index (χ3v) is 5.21. The standard InChI is InChI=1S/C24H25N3O2/c1-18-4-9-20(10-5-18)23-16-21-17-26(14-3-15-27(21)25-23)24(28)13-8-19-6-11-22(29-2)12-7-19/h4-13,16H,3,14-15,17H2,1-2H3. The molecule has 1 aromatic heterocycles. The van der Waals surface area contributed by atoms with Crippen LogP contribution >= 0.6 is 0 Å². The summed E-state index contributed by atoms with van der Waals surface area (Å²) in [5, 5.41) is 4.76. The molecule has 0 aliphatic carbocycles. The summed E-state index contributed by atoms with van der Waals surface area (Å²) in [5.74, 6) is 0.825. The van der Waals surface area contributed by atoms with E-state index in [0.717, 1.165) is 47.8 Å². The number of hydrogen-bond donors (Lipinski definition) is 0. The highest BCUT2D eigenvalue weighted by atomic mass is 16.5. The van der Waals surface area contributed by atoms with Crippen LogP contribution in [0.3, 0.4) is 0 Å². The van der Waals surface area contributed by atoms with Crippen LogP contribution in [-0.4, -0.2) is 34.2 Å². The molecule has 0 spiro atoms. The lowest BCUT2D eigenvalue weighted by atomic mass is 10.1. The van der Waals surface area contributed by atoms with Gasteiger partial charge >= 0.3 is 0 Å². The minimum absolute atomic E-state index is 0.0207. The molecule has 3 aromatic rings. The second-order valence-corrected chi connectivity index (χ2v) is 7.33. The molecule has 1 aliphatic heterocycles. The molecule has 0 N–H and O–H groups in total. The fraction of sp³-hybridized carbons (Fsp3) is 0.250. The van der Waals surface area contributed by atoms with Gasteiger partial charge in [-0.3, -0.25) is 9.48 Å². The number of carbonyl (C=O) groups is 1. The van der Waals surface area contributed by atoms with E-state index in [1.165, 1.54) is 5.56 Å². The summed E-state index contributed by atoms with van der Waals surface area (Å²) >= 11 is 0. The first kappa shape index (κ1) is 19.0. The predicted molar refractivity (Wildman–Crippen MR) is 114 cm³/mol. The van der Waals surface area contributed by atoms with Crippen LogP contribution in [0.2, 0.25) is 0 Å². The molecule has 0 atom stereocenters. The van der Waals surface area contributed by atoms with E-state index < -0.39 is 0 Å². The average molecular weight is 387 g/mol. The molecule has 1 aliphatic rings. The molecular weight excluding hydrogens is 362 g/mol. The molecule has 2 aromatic carbocycles. The molecule has 0 saturated heterocycles. The van der Waals surface area contributed by atoms with E-state index in [-0.39, 0.29) is 5.91 Å². The Kier molecular flexibility index (Phi) is 5.47. The molecule has 5 heteroatoms. The van der Waals surface area contributed by atoms with Gasteiger partial charge in [-0.1, -0.05) is 42.0 Å². The van der Waals surface area contributed by atoms with Gasteiger partial charge in [0, 0.05) is 24.7 Å². The summed E-state index contributed by atoms with van der Waals surface area (Å²) in [6, 6.07) is 18.1. The van der Waals surface area contributed by atoms with E-state index in [1.807, 2.05) is 39.9 Å². The van der Waals surface area contributed by atoms with Gasteiger partial charge in [0.1, 0.15) is 5.75 Å². The molecule has 1 amide bonds. The number of aryl methyl sites for hydroxylation is 2. The fourth-order valence-corrected chi connectivity index (χ4v) is 3.50. The molecule has 5 nitrogen and oxygen atoms in total. The normalized spacial score (nSPS) is 13.9. The first-order chi connectivity index (χ1) is 14.1. The molecule has 29 heavy (non-hydrogen) atoms. The topological polar surface area (TPSA) is 47.4 Å². The van der Waals surface area contributed by atoms with Crippen LogP contribution < -0.4 is 4.74 Å². The zero-order valence-electron chi connectivity index (χ0n) is 16.8. The van der Waals surface area contributed by atoms with E-state index in [1.54, 1.807) is 13.2 Å². The molecule has 4 rings (SSSR count). The summed E-state index contributed by atoms with van der Waals surface area (Å²) < 4.78 is 7.21. The highest BCUT2D eigenvalue weighted by Gasteiger charge is 2.19. The van der Waals surface area contributed by atoms with Crippen molar-refractivity contribution in [2.45, 2.75) is 26.4 Å². The first-order valence-corrected chi connectivity index (χ1v) is 9.87. The van der Waals surface area contributed by atoms with E-state index in [9.17, 15) is 4.79 Å². The van der Waals surface area contributed by atoms with E-state index in [2.05, 4.69) is 37.3 Å². The largest absolute Gasteiger partial charge is 0.497 e. The van der Waals surface area contributed by atoms with Gasteiger partial charge in [-0.05, 0) is 43.2 Å². The van der Waals surface area contributed by atoms with Crippen LogP contribution in [0.25, 0.3) is 17.3 Å². The summed E-state index contributed by atoms with van der Waals surface area (Å²) in [6.45, 7) is 4.21. The Morgan fingerprint density at radius 3 is 2.55 bits per heavy atom. The van der Waals surface area contributed by atoms with E-state index >= 15 is 0 Å². The number of amides is 1. The second kappa shape index (κ2) is 8.35. The maximum absolute atomic E-state index is 12.8. The molecular formula is C24H25N3O2. The fourth-order valence-electron chi connectivity index (χ4n) is 3.50. The molecule has 2 heterocycles. The van der Waals surface area contributed by atoms with Crippen molar-refractivity contribution < 1.29 is 9.53 Å². The number of methoxy groups -OCH3 is 1. The van der Waals surface area contributed by atoms with Gasteiger partial charge in [0.25, 0.3) is 0 Å². The number of fused-ring (bicyclic) bond motifs is 1. The lowest BCUT2D eigenvalue weighted by Crippen LogP contribution is -2.29. The Hall–Kier alpha value is -3.34. The second-order valence-electron chi connectivity index (χ2n) is 7.33. The highest BCUT2D eigenvalue weighted by Crippen LogP contribution is 2.23. The van der Waals surface area contributed by atoms with Crippen molar-refractivity contribution in [1.29, 1.82) is 0 Å². The van der Waals surface area contributed by atoms with Crippen LogP contribution in [0.5, 0.6) is 5.75 Å². The number of rotatable bonds is 4. The van der Waals surface area contributed by atoms with Gasteiger partial charge in [0.15, 0.2) is 0 Å². The molecule has 0 unspecified atom stereocenters. The third kappa shape index (κ3) is 4.40. The summed E-state index contributed by atoms with van der Waals surface area (Å²) in [6.07, 6.45) is 4.39. The number of aromatic nitrogens is 2. The Labute approximate surface area is 171 Å². The zero-order valence-corrected chi connectivity index (χ0v) is 16.8. The maximum atomic E-state index is 12.8. The van der Waals surface area contributed by atoms with Crippen molar-refractivity contribution in [2.75, 3.05) is 13.7 Å². The van der Waals surface area contributed by atoms with Gasteiger partial charge in [-0.2, -0.15) is 5.10 Å². The minimum atomic E-state index is 0.0207. The maximum Gasteiger partial charge on any atom is 0.246 e. The van der Waals surface area contributed by atoms with Gasteiger partial charge in [0.05, 0.1) is 25.0 Å². The van der Waals surface area contributed by atoms with Crippen molar-refractivity contribution in [1.82, 2.24) is 14.7 Å². The molecule has 148 valence electrons. The van der Waals surface area contributed by atoms with Crippen LogP contribution in [0, 0.1) is 6.92 Å². The number of nitrogens with zero attached hydrogens (tertiary/aromatic N) is 3. The third-order valence-electron chi connectivity index (χ3n) is 5.21. The lowest BCUT2D eigenvalue weighted by molar-refractivity contribution is -0.126. The summed E-state index contributed by atoms with van der Waals surface area (Å²) in [4.78, 5) is 14.6. The summed E-state index contributed by atoms with van der Waals surface area (Å²) in [5.41, 5.74) is 5.34. The van der Waals surface area contributed by atoms with E-state index in [4.69, 9.17) is 9.84 Å². The highest BCUT2D eigenvalue weighted by molar-refractivity contribution is 5.91. The minimum Gasteiger partial charge on any atom is -0.497 e. The molecule has 0 saturated carbocycles. The quantitative estimate of drug-likeness (QED) is 0.627.